The van der Waals surface area contributed by atoms with E-state index in [9.17, 15) is 14.4 Å². The number of hydrogen-bond donors (Lipinski definition) is 3. The van der Waals surface area contributed by atoms with Gasteiger partial charge in [0.1, 0.15) is 6.04 Å². The van der Waals surface area contributed by atoms with Gasteiger partial charge in [0.2, 0.25) is 0 Å². The van der Waals surface area contributed by atoms with E-state index >= 15 is 0 Å². The molecule has 8 heteroatoms. The highest BCUT2D eigenvalue weighted by Crippen LogP contribution is 2.15. The van der Waals surface area contributed by atoms with Crippen LogP contribution >= 0.6 is 0 Å². The number of nitrogens with zero attached hydrogens (tertiary/aromatic N) is 1. The molecule has 3 N–H and O–H groups in total. The highest BCUT2D eigenvalue weighted by Gasteiger charge is 2.21. The number of rotatable bonds is 5. The third-order valence-electron chi connectivity index (χ3n) is 4.04. The molecule has 0 saturated carbocycles. The highest BCUT2D eigenvalue weighted by atomic mass is 16.5. The molecule has 0 spiro atoms. The van der Waals surface area contributed by atoms with Gasteiger partial charge in [-0.25, -0.2) is 14.6 Å². The Morgan fingerprint density at radius 1 is 1.04 bits per heavy atom. The molecule has 0 unspecified atom stereocenters. The zero-order valence-electron chi connectivity index (χ0n) is 15.4. The van der Waals surface area contributed by atoms with Gasteiger partial charge in [0.05, 0.1) is 10.9 Å². The number of fused-ring (bicyclic) bond motifs is 1. The van der Waals surface area contributed by atoms with Gasteiger partial charge in [-0.05, 0) is 38.1 Å². The molecule has 0 aliphatic heterocycles. The number of amides is 2. The van der Waals surface area contributed by atoms with Crippen LogP contribution in [0.15, 0.2) is 59.4 Å². The summed E-state index contributed by atoms with van der Waals surface area (Å²) in [4.78, 5) is 43.4. The Hall–Kier alpha value is -3.68. The first-order chi connectivity index (χ1) is 13.4. The molecule has 144 valence electrons. The van der Waals surface area contributed by atoms with Crippen LogP contribution < -0.4 is 16.2 Å². The van der Waals surface area contributed by atoms with Gasteiger partial charge in [-0.3, -0.25) is 4.79 Å². The predicted octanol–water partition coefficient (Wildman–Crippen LogP) is 2.74. The van der Waals surface area contributed by atoms with Crippen LogP contribution in [0.2, 0.25) is 0 Å². The van der Waals surface area contributed by atoms with E-state index < -0.39 is 24.1 Å². The van der Waals surface area contributed by atoms with E-state index in [0.717, 1.165) is 0 Å². The maximum absolute atomic E-state index is 12.3. The SMILES string of the molecule is C[C@H](NC(=O)Nc1ccccc1)C(=O)O[C@@H](C)c1nc2ccccc2c(=O)[nH]1. The fraction of sp³-hybridized carbons (Fsp3) is 0.200. The number of nitrogens with one attached hydrogen (secondary N) is 3. The predicted molar refractivity (Wildman–Crippen MR) is 105 cm³/mol. The largest absolute Gasteiger partial charge is 0.453 e. The molecule has 28 heavy (non-hydrogen) atoms. The minimum Gasteiger partial charge on any atom is -0.453 e. The van der Waals surface area contributed by atoms with Crippen molar-refractivity contribution in [1.29, 1.82) is 0 Å². The fourth-order valence-electron chi connectivity index (χ4n) is 2.57. The average molecular weight is 380 g/mol. The second-order valence-corrected chi connectivity index (χ2v) is 6.23. The lowest BCUT2D eigenvalue weighted by atomic mass is 10.2. The van der Waals surface area contributed by atoms with Crippen LogP contribution in [0, 0.1) is 0 Å². The Bertz CT molecular complexity index is 1050. The average Bonchev–Trinajstić information content (AvgIpc) is 2.68. The number of anilines is 1. The Morgan fingerprint density at radius 3 is 2.46 bits per heavy atom. The van der Waals surface area contributed by atoms with E-state index in [4.69, 9.17) is 4.74 Å². The molecule has 3 rings (SSSR count). The first-order valence-corrected chi connectivity index (χ1v) is 8.76. The van der Waals surface area contributed by atoms with Crippen LogP contribution in [0.3, 0.4) is 0 Å². The van der Waals surface area contributed by atoms with Crippen molar-refractivity contribution in [3.8, 4) is 0 Å². The molecule has 0 aliphatic rings. The Morgan fingerprint density at radius 2 is 1.71 bits per heavy atom. The number of para-hydroxylation sites is 2. The van der Waals surface area contributed by atoms with Gasteiger partial charge in [0.15, 0.2) is 11.9 Å². The zero-order valence-corrected chi connectivity index (χ0v) is 15.4. The number of ether oxygens (including phenoxy) is 1. The minimum absolute atomic E-state index is 0.234. The van der Waals surface area contributed by atoms with Crippen molar-refractivity contribution in [3.63, 3.8) is 0 Å². The summed E-state index contributed by atoms with van der Waals surface area (Å²) in [5.41, 5.74) is 0.807. The quantitative estimate of drug-likeness (QED) is 0.589. The third-order valence-corrected chi connectivity index (χ3v) is 4.04. The molecule has 1 aromatic heterocycles. The Labute approximate surface area is 160 Å². The van der Waals surface area contributed by atoms with Gasteiger partial charge in [0.25, 0.3) is 5.56 Å². The summed E-state index contributed by atoms with van der Waals surface area (Å²) >= 11 is 0. The van der Waals surface area contributed by atoms with Gasteiger partial charge in [-0.2, -0.15) is 0 Å². The molecule has 0 fully saturated rings. The number of benzene rings is 2. The fourth-order valence-corrected chi connectivity index (χ4v) is 2.57. The topological polar surface area (TPSA) is 113 Å². The van der Waals surface area contributed by atoms with Crippen molar-refractivity contribution in [2.75, 3.05) is 5.32 Å². The lowest BCUT2D eigenvalue weighted by molar-refractivity contribution is -0.150. The molecular weight excluding hydrogens is 360 g/mol. The number of urea groups is 1. The number of aromatic amines is 1. The highest BCUT2D eigenvalue weighted by molar-refractivity contribution is 5.92. The van der Waals surface area contributed by atoms with Gasteiger partial charge in [-0.15, -0.1) is 0 Å². The van der Waals surface area contributed by atoms with Crippen LogP contribution in [0.5, 0.6) is 0 Å². The number of H-pyrrole nitrogens is 1. The molecule has 2 aromatic carbocycles. The summed E-state index contributed by atoms with van der Waals surface area (Å²) in [6.45, 7) is 3.11. The van der Waals surface area contributed by atoms with Crippen molar-refractivity contribution in [1.82, 2.24) is 15.3 Å². The van der Waals surface area contributed by atoms with E-state index in [2.05, 4.69) is 20.6 Å². The first-order valence-electron chi connectivity index (χ1n) is 8.76. The van der Waals surface area contributed by atoms with E-state index in [1.54, 1.807) is 55.5 Å². The van der Waals surface area contributed by atoms with E-state index in [0.29, 0.717) is 16.6 Å². The van der Waals surface area contributed by atoms with Crippen molar-refractivity contribution in [2.45, 2.75) is 26.0 Å². The lowest BCUT2D eigenvalue weighted by Gasteiger charge is -2.17. The molecule has 0 aliphatic carbocycles. The van der Waals surface area contributed by atoms with Gasteiger partial charge < -0.3 is 20.4 Å². The Balaban J connectivity index is 1.62. The van der Waals surface area contributed by atoms with Crippen LogP contribution in [-0.4, -0.2) is 28.0 Å². The minimum atomic E-state index is -0.890. The monoisotopic (exact) mass is 380 g/mol. The van der Waals surface area contributed by atoms with Gasteiger partial charge in [0, 0.05) is 5.69 Å². The normalized spacial score (nSPS) is 12.8. The molecule has 2 atom stereocenters. The summed E-state index contributed by atoms with van der Waals surface area (Å²) in [7, 11) is 0. The number of esters is 1. The van der Waals surface area contributed by atoms with Gasteiger partial charge in [-0.1, -0.05) is 30.3 Å². The van der Waals surface area contributed by atoms with Crippen molar-refractivity contribution >= 4 is 28.6 Å². The van der Waals surface area contributed by atoms with Crippen LogP contribution in [-0.2, 0) is 9.53 Å². The maximum Gasteiger partial charge on any atom is 0.329 e. The van der Waals surface area contributed by atoms with Crippen molar-refractivity contribution in [3.05, 3.63) is 70.8 Å². The molecule has 8 nitrogen and oxygen atoms in total. The lowest BCUT2D eigenvalue weighted by Crippen LogP contribution is -2.42. The molecule has 0 radical (unpaired) electrons. The molecular formula is C20H20N4O4. The van der Waals surface area contributed by atoms with E-state index in [1.165, 1.54) is 6.92 Å². The number of carbonyl (C=O) groups excluding carboxylic acids is 2. The number of carbonyl (C=O) groups is 2. The molecule has 2 amide bonds. The zero-order chi connectivity index (χ0) is 20.1. The summed E-state index contributed by atoms with van der Waals surface area (Å²) in [5.74, 6) is -0.412. The molecule has 1 heterocycles. The number of hydrogen-bond acceptors (Lipinski definition) is 5. The van der Waals surface area contributed by atoms with Gasteiger partial charge >= 0.3 is 12.0 Å². The standard InChI is InChI=1S/C20H20N4O4/c1-12(21-20(27)22-14-8-4-3-5-9-14)19(26)28-13(2)17-23-16-11-7-6-10-15(16)18(25)24-17/h3-13H,1-2H3,(H2,21,22,27)(H,23,24,25)/t12-,13-/m0/s1. The number of aromatic nitrogens is 2. The van der Waals surface area contributed by atoms with Crippen LogP contribution in [0.1, 0.15) is 25.8 Å². The Kier molecular flexibility index (Phi) is 5.69. The molecule has 0 bridgehead atoms. The summed E-state index contributed by atoms with van der Waals surface area (Å²) < 4.78 is 5.34. The summed E-state index contributed by atoms with van der Waals surface area (Å²) in [5, 5.41) is 5.59. The second-order valence-electron chi connectivity index (χ2n) is 6.23. The second kappa shape index (κ2) is 8.34. The smallest absolute Gasteiger partial charge is 0.329 e. The third kappa shape index (κ3) is 4.53. The van der Waals surface area contributed by atoms with E-state index in [-0.39, 0.29) is 11.4 Å². The summed E-state index contributed by atoms with van der Waals surface area (Å²) in [6.07, 6.45) is -0.786. The molecule has 0 saturated heterocycles. The molecule has 3 aromatic rings. The van der Waals surface area contributed by atoms with Crippen LogP contribution in [0.4, 0.5) is 10.5 Å². The van der Waals surface area contributed by atoms with E-state index in [1.807, 2.05) is 6.07 Å². The van der Waals surface area contributed by atoms with Crippen LogP contribution in [0.25, 0.3) is 10.9 Å². The maximum atomic E-state index is 12.3. The van der Waals surface area contributed by atoms with Crippen molar-refractivity contribution in [2.24, 2.45) is 0 Å². The first kappa shape index (κ1) is 19.1. The van der Waals surface area contributed by atoms with Crippen molar-refractivity contribution < 1.29 is 14.3 Å². The summed E-state index contributed by atoms with van der Waals surface area (Å²) in [6, 6.07) is 14.3.